The molecular weight excluding hydrogens is 185 g/mol. The maximum absolute atomic E-state index is 9.75. The van der Waals surface area contributed by atoms with E-state index in [0.717, 1.165) is 0 Å². The first-order valence-electron chi connectivity index (χ1n) is 3.62. The SMILES string of the molecule is Cc1ccc[nH+]c1C.F[B-](F)(F)F. The Morgan fingerprint density at radius 3 is 1.85 bits per heavy atom. The predicted octanol–water partition coefficient (Wildman–Crippen LogP) is 2.42. The topological polar surface area (TPSA) is 14.1 Å². The highest BCUT2D eigenvalue weighted by Gasteiger charge is 2.20. The zero-order valence-electron chi connectivity index (χ0n) is 7.32. The summed E-state index contributed by atoms with van der Waals surface area (Å²) in [7, 11) is -6.00. The molecule has 6 heteroatoms. The summed E-state index contributed by atoms with van der Waals surface area (Å²) in [6, 6.07) is 4.09. The summed E-state index contributed by atoms with van der Waals surface area (Å²) in [5.74, 6) is 0. The lowest BCUT2D eigenvalue weighted by molar-refractivity contribution is -0.388. The first kappa shape index (κ1) is 11.9. The van der Waals surface area contributed by atoms with Crippen LogP contribution >= 0.6 is 0 Å². The summed E-state index contributed by atoms with van der Waals surface area (Å²) in [6.07, 6.45) is 1.93. The first-order chi connectivity index (χ1) is 5.80. The van der Waals surface area contributed by atoms with E-state index in [9.17, 15) is 17.3 Å². The molecule has 0 fully saturated rings. The predicted molar refractivity (Wildman–Crippen MR) is 42.7 cm³/mol. The minimum atomic E-state index is -6.00. The molecule has 0 aromatic carbocycles. The monoisotopic (exact) mass is 195 g/mol. The van der Waals surface area contributed by atoms with E-state index in [1.165, 1.54) is 11.3 Å². The second-order valence-electron chi connectivity index (χ2n) is 2.47. The molecule has 0 aliphatic heterocycles. The van der Waals surface area contributed by atoms with E-state index in [4.69, 9.17) is 0 Å². The zero-order chi connectivity index (χ0) is 10.5. The molecule has 1 aromatic heterocycles. The third kappa shape index (κ3) is 8.84. The molecule has 1 rings (SSSR count). The average molecular weight is 195 g/mol. The lowest BCUT2D eigenvalue weighted by Gasteiger charge is -1.94. The number of pyridine rings is 1. The van der Waals surface area contributed by atoms with Crippen LogP contribution in [0.4, 0.5) is 17.3 Å². The van der Waals surface area contributed by atoms with E-state index in [1.54, 1.807) is 0 Å². The highest BCUT2D eigenvalue weighted by Crippen LogP contribution is 2.06. The number of hydrogen-bond acceptors (Lipinski definition) is 0. The Labute approximate surface area is 73.9 Å². The number of nitrogens with one attached hydrogen (secondary N) is 1. The molecule has 74 valence electrons. The van der Waals surface area contributed by atoms with Crippen LogP contribution in [-0.4, -0.2) is 7.25 Å². The van der Waals surface area contributed by atoms with Gasteiger partial charge in [-0.2, -0.15) is 0 Å². The second-order valence-corrected chi connectivity index (χ2v) is 2.47. The molecule has 1 N–H and O–H groups in total. The van der Waals surface area contributed by atoms with Gasteiger partial charge < -0.3 is 17.3 Å². The normalized spacial score (nSPS) is 10.3. The molecule has 0 radical (unpaired) electrons. The third-order valence-electron chi connectivity index (χ3n) is 1.33. The van der Waals surface area contributed by atoms with Gasteiger partial charge in [0.2, 0.25) is 0 Å². The highest BCUT2D eigenvalue weighted by molar-refractivity contribution is 6.50. The Kier molecular flexibility index (Phi) is 4.44. The molecule has 0 aliphatic carbocycles. The fraction of sp³-hybridized carbons (Fsp3) is 0.286. The molecule has 1 aromatic rings. The van der Waals surface area contributed by atoms with E-state index in [-0.39, 0.29) is 0 Å². The molecule has 0 aliphatic rings. The molecule has 13 heavy (non-hydrogen) atoms. The quantitative estimate of drug-likeness (QED) is 0.445. The van der Waals surface area contributed by atoms with E-state index in [1.807, 2.05) is 12.3 Å². The summed E-state index contributed by atoms with van der Waals surface area (Å²) >= 11 is 0. The summed E-state index contributed by atoms with van der Waals surface area (Å²) in [5.41, 5.74) is 2.56. The van der Waals surface area contributed by atoms with Crippen LogP contribution in [0.5, 0.6) is 0 Å². The summed E-state index contributed by atoms with van der Waals surface area (Å²) in [6.45, 7) is 4.15. The summed E-state index contributed by atoms with van der Waals surface area (Å²) < 4.78 is 39.0. The average Bonchev–Trinajstić information content (AvgIpc) is 1.92. The Morgan fingerprint density at radius 2 is 1.62 bits per heavy atom. The van der Waals surface area contributed by atoms with Crippen molar-refractivity contribution in [1.82, 2.24) is 0 Å². The van der Waals surface area contributed by atoms with Gasteiger partial charge in [0.1, 0.15) is 0 Å². The van der Waals surface area contributed by atoms with E-state index in [2.05, 4.69) is 24.9 Å². The van der Waals surface area contributed by atoms with Crippen LogP contribution in [0, 0.1) is 13.8 Å². The number of H-pyrrole nitrogens is 1. The molecule has 0 bridgehead atoms. The van der Waals surface area contributed by atoms with Gasteiger partial charge in [-0.25, -0.2) is 4.98 Å². The van der Waals surface area contributed by atoms with Crippen molar-refractivity contribution >= 4 is 7.25 Å². The molecular formula is C7H10BF4N. The summed E-state index contributed by atoms with van der Waals surface area (Å²) in [5, 5.41) is 0. The van der Waals surface area contributed by atoms with Crippen molar-refractivity contribution in [3.05, 3.63) is 29.6 Å². The molecule has 1 nitrogen and oxygen atoms in total. The van der Waals surface area contributed by atoms with Crippen molar-refractivity contribution in [3.63, 3.8) is 0 Å². The van der Waals surface area contributed by atoms with Crippen molar-refractivity contribution in [3.8, 4) is 0 Å². The third-order valence-corrected chi connectivity index (χ3v) is 1.33. The molecule has 0 unspecified atom stereocenters. The molecule has 0 spiro atoms. The maximum Gasteiger partial charge on any atom is 0.673 e. The first-order valence-corrected chi connectivity index (χ1v) is 3.62. The van der Waals surface area contributed by atoms with E-state index < -0.39 is 7.25 Å². The summed E-state index contributed by atoms with van der Waals surface area (Å²) in [4.78, 5) is 3.10. The zero-order valence-corrected chi connectivity index (χ0v) is 7.32. The van der Waals surface area contributed by atoms with E-state index >= 15 is 0 Å². The van der Waals surface area contributed by atoms with E-state index in [0.29, 0.717) is 0 Å². The fourth-order valence-corrected chi connectivity index (χ4v) is 0.604. The number of aryl methyl sites for hydroxylation is 2. The van der Waals surface area contributed by atoms with Crippen molar-refractivity contribution in [2.45, 2.75) is 13.8 Å². The van der Waals surface area contributed by atoms with Crippen LogP contribution in [0.25, 0.3) is 0 Å². The molecule has 0 saturated carbocycles. The van der Waals surface area contributed by atoms with Crippen LogP contribution in [0.3, 0.4) is 0 Å². The minimum absolute atomic E-state index is 1.24. The van der Waals surface area contributed by atoms with Gasteiger partial charge in [-0.1, -0.05) is 0 Å². The van der Waals surface area contributed by atoms with Gasteiger partial charge in [0.05, 0.1) is 0 Å². The van der Waals surface area contributed by atoms with Crippen LogP contribution in [0.1, 0.15) is 11.3 Å². The Morgan fingerprint density at radius 1 is 1.15 bits per heavy atom. The van der Waals surface area contributed by atoms with Crippen LogP contribution in [0.2, 0.25) is 0 Å². The van der Waals surface area contributed by atoms with Gasteiger partial charge >= 0.3 is 7.25 Å². The second kappa shape index (κ2) is 4.84. The van der Waals surface area contributed by atoms with Crippen molar-refractivity contribution in [1.29, 1.82) is 0 Å². The molecule has 0 saturated heterocycles. The van der Waals surface area contributed by atoms with Crippen molar-refractivity contribution in [2.24, 2.45) is 0 Å². The van der Waals surface area contributed by atoms with Gasteiger partial charge in [-0.3, -0.25) is 0 Å². The standard InChI is InChI=1S/C7H9N.BF4/c1-6-4-3-5-8-7(6)2;2-1(3,4)5/h3-5H,1-2H3;/q;-1/p+1. The number of aromatic amines is 1. The lowest BCUT2D eigenvalue weighted by atomic mass is 10.2. The smallest absolute Gasteiger partial charge is 0.418 e. The molecule has 1 heterocycles. The van der Waals surface area contributed by atoms with Crippen LogP contribution in [0.15, 0.2) is 18.3 Å². The molecule has 0 amide bonds. The lowest BCUT2D eigenvalue weighted by Crippen LogP contribution is -2.06. The number of aromatic nitrogens is 1. The van der Waals surface area contributed by atoms with Crippen molar-refractivity contribution < 1.29 is 22.2 Å². The van der Waals surface area contributed by atoms with Gasteiger partial charge in [0.25, 0.3) is 0 Å². The highest BCUT2D eigenvalue weighted by atomic mass is 19.5. The number of hydrogen-bond donors (Lipinski definition) is 0. The molecule has 0 atom stereocenters. The van der Waals surface area contributed by atoms with Gasteiger partial charge in [-0.15, -0.1) is 0 Å². The number of halogens is 4. The number of rotatable bonds is 0. The Bertz CT molecular complexity index is 234. The van der Waals surface area contributed by atoms with Crippen LogP contribution < -0.4 is 4.98 Å². The maximum atomic E-state index is 9.75. The Balaban J connectivity index is 0.000000252. The van der Waals surface area contributed by atoms with Crippen LogP contribution in [-0.2, 0) is 0 Å². The van der Waals surface area contributed by atoms with Gasteiger partial charge in [-0.05, 0) is 13.0 Å². The van der Waals surface area contributed by atoms with Gasteiger partial charge in [0.15, 0.2) is 11.9 Å². The Hall–Kier alpha value is -1.07. The van der Waals surface area contributed by atoms with Crippen molar-refractivity contribution in [2.75, 3.05) is 0 Å². The largest absolute Gasteiger partial charge is 0.673 e. The minimum Gasteiger partial charge on any atom is -0.418 e. The fourth-order valence-electron chi connectivity index (χ4n) is 0.604. The van der Waals surface area contributed by atoms with Gasteiger partial charge in [0, 0.05) is 18.6 Å².